The summed E-state index contributed by atoms with van der Waals surface area (Å²) in [7, 11) is 1.28. The van der Waals surface area contributed by atoms with Crippen LogP contribution in [0.25, 0.3) is 22.3 Å². The van der Waals surface area contributed by atoms with E-state index < -0.39 is 42.7 Å². The lowest BCUT2D eigenvalue weighted by atomic mass is 9.96. The van der Waals surface area contributed by atoms with Gasteiger partial charge in [-0.25, -0.2) is 23.5 Å². The summed E-state index contributed by atoms with van der Waals surface area (Å²) in [4.78, 5) is 58.4. The molecule has 14 heteroatoms. The first-order valence-electron chi connectivity index (χ1n) is 19.3. The van der Waals surface area contributed by atoms with Crippen molar-refractivity contribution in [2.45, 2.75) is 90.0 Å². The van der Waals surface area contributed by atoms with Gasteiger partial charge in [0.1, 0.15) is 17.7 Å². The molecule has 3 amide bonds. The molecule has 5 heterocycles. The van der Waals surface area contributed by atoms with E-state index in [9.17, 15) is 23.2 Å². The van der Waals surface area contributed by atoms with E-state index in [1.54, 1.807) is 18.0 Å². The van der Waals surface area contributed by atoms with Crippen molar-refractivity contribution >= 4 is 28.9 Å². The number of carbonyl (C=O) groups is 3. The van der Waals surface area contributed by atoms with Crippen LogP contribution in [0.15, 0.2) is 48.7 Å². The summed E-state index contributed by atoms with van der Waals surface area (Å²) in [6, 6.07) is 11.3. The second-order valence-corrected chi connectivity index (χ2v) is 16.1. The minimum absolute atomic E-state index is 0.0295. The number of aromatic amines is 2. The molecule has 3 aliphatic heterocycles. The van der Waals surface area contributed by atoms with Crippen LogP contribution in [0.5, 0.6) is 0 Å². The van der Waals surface area contributed by atoms with Gasteiger partial charge in [-0.05, 0) is 55.0 Å². The second-order valence-electron chi connectivity index (χ2n) is 16.1. The van der Waals surface area contributed by atoms with Crippen LogP contribution in [0.4, 0.5) is 13.6 Å². The standard InChI is InChI=1S/C42H49F2N7O5/c1-24(2)26(5)38(52)51-23-42(43,44)20-34(51)36-45-21-32(48-36)29-13-10-27(11-14-29)8-9-28-12-15-30-31(18-28)47-37(46-30)33-19-41(16-7-17-56-41)22-50(33)39(53)35(25(3)4)49-40(54)55-6/h10-15,18,21,24-26,33-35H,7,16-17,19-20,22-23H2,1-6H3,(H,45,48)(H,46,47)(H,49,54)/t26-,33-,34-,35-,41-/m0/s1. The summed E-state index contributed by atoms with van der Waals surface area (Å²) in [5, 5.41) is 2.71. The lowest BCUT2D eigenvalue weighted by molar-refractivity contribution is -0.138. The number of nitrogens with one attached hydrogen (secondary N) is 3. The number of ether oxygens (including phenoxy) is 2. The monoisotopic (exact) mass is 769 g/mol. The summed E-state index contributed by atoms with van der Waals surface area (Å²) in [5.74, 6) is 3.41. The number of benzene rings is 2. The van der Waals surface area contributed by atoms with Crippen LogP contribution in [0.2, 0.25) is 0 Å². The molecular formula is C42H49F2N7O5. The zero-order chi connectivity index (χ0) is 39.9. The first kappa shape index (κ1) is 39.0. The summed E-state index contributed by atoms with van der Waals surface area (Å²) in [5.41, 5.74) is 3.96. The molecule has 2 aromatic carbocycles. The lowest BCUT2D eigenvalue weighted by Crippen LogP contribution is -2.51. The molecule has 0 unspecified atom stereocenters. The quantitative estimate of drug-likeness (QED) is 0.168. The highest BCUT2D eigenvalue weighted by atomic mass is 19.3. The van der Waals surface area contributed by atoms with Crippen molar-refractivity contribution in [3.63, 3.8) is 0 Å². The summed E-state index contributed by atoms with van der Waals surface area (Å²) in [6.45, 7) is 9.80. The smallest absolute Gasteiger partial charge is 0.407 e. The first-order chi connectivity index (χ1) is 26.7. The molecule has 296 valence electrons. The van der Waals surface area contributed by atoms with Crippen molar-refractivity contribution in [1.82, 2.24) is 35.1 Å². The van der Waals surface area contributed by atoms with Gasteiger partial charge in [0.2, 0.25) is 11.8 Å². The topological polar surface area (TPSA) is 146 Å². The number of alkyl carbamates (subject to hydrolysis) is 1. The molecule has 1 spiro atoms. The largest absolute Gasteiger partial charge is 0.453 e. The number of nitrogens with zero attached hydrogens (tertiary/aromatic N) is 4. The van der Waals surface area contributed by atoms with E-state index in [1.807, 2.05) is 70.2 Å². The zero-order valence-electron chi connectivity index (χ0n) is 32.6. The molecule has 0 radical (unpaired) electrons. The number of halogens is 2. The van der Waals surface area contributed by atoms with Gasteiger partial charge < -0.3 is 34.6 Å². The molecule has 2 aromatic heterocycles. The Balaban J connectivity index is 1.07. The SMILES string of the molecule is COC(=O)N[C@H](C(=O)N1C[C@]2(CCCO2)C[C@H]1c1nc2cc(C#Cc3ccc(-c4c[nH]c([C@@H]5CC(F)(F)CN5C(=O)[C@@H](C)C(C)C)n4)cc3)ccc2[nH]1)C(C)C. The minimum Gasteiger partial charge on any atom is -0.453 e. The fourth-order valence-electron chi connectivity index (χ4n) is 7.97. The van der Waals surface area contributed by atoms with Gasteiger partial charge in [0, 0.05) is 48.3 Å². The molecule has 56 heavy (non-hydrogen) atoms. The molecule has 4 aromatic rings. The molecular weight excluding hydrogens is 721 g/mol. The van der Waals surface area contributed by atoms with Crippen molar-refractivity contribution in [2.24, 2.45) is 17.8 Å². The zero-order valence-corrected chi connectivity index (χ0v) is 32.6. The molecule has 5 atom stereocenters. The van der Waals surface area contributed by atoms with Gasteiger partial charge in [0.15, 0.2) is 0 Å². The van der Waals surface area contributed by atoms with Gasteiger partial charge in [0.25, 0.3) is 5.92 Å². The Morgan fingerprint density at radius 3 is 2.29 bits per heavy atom. The molecule has 12 nitrogen and oxygen atoms in total. The van der Waals surface area contributed by atoms with Crippen LogP contribution in [-0.2, 0) is 19.1 Å². The van der Waals surface area contributed by atoms with E-state index in [0.717, 1.165) is 35.0 Å². The van der Waals surface area contributed by atoms with E-state index in [-0.39, 0.29) is 35.6 Å². The number of rotatable bonds is 8. The Kier molecular flexibility index (Phi) is 10.7. The Morgan fingerprint density at radius 1 is 0.911 bits per heavy atom. The average Bonchev–Trinajstić information content (AvgIpc) is 4.02. The van der Waals surface area contributed by atoms with E-state index in [1.165, 1.54) is 12.0 Å². The van der Waals surface area contributed by atoms with Crippen molar-refractivity contribution in [1.29, 1.82) is 0 Å². The summed E-state index contributed by atoms with van der Waals surface area (Å²) in [6.07, 6.45) is 2.90. The number of likely N-dealkylation sites (tertiary alicyclic amines) is 2. The molecule has 0 saturated carbocycles. The fraction of sp³-hybridized carbons (Fsp3) is 0.500. The van der Waals surface area contributed by atoms with Crippen molar-refractivity contribution in [2.75, 3.05) is 26.8 Å². The van der Waals surface area contributed by atoms with Gasteiger partial charge in [-0.3, -0.25) is 9.59 Å². The van der Waals surface area contributed by atoms with Gasteiger partial charge >= 0.3 is 6.09 Å². The Hall–Kier alpha value is -5.29. The van der Waals surface area contributed by atoms with Crippen molar-refractivity contribution in [3.05, 3.63) is 71.4 Å². The summed E-state index contributed by atoms with van der Waals surface area (Å²) >= 11 is 0. The van der Waals surface area contributed by atoms with Gasteiger partial charge in [-0.15, -0.1) is 0 Å². The number of amides is 3. The number of fused-ring (bicyclic) bond motifs is 1. The molecule has 3 fully saturated rings. The Bertz CT molecular complexity index is 2160. The highest BCUT2D eigenvalue weighted by Gasteiger charge is 2.52. The average molecular weight is 770 g/mol. The first-order valence-corrected chi connectivity index (χ1v) is 19.3. The van der Waals surface area contributed by atoms with E-state index >= 15 is 0 Å². The summed E-state index contributed by atoms with van der Waals surface area (Å²) < 4.78 is 40.2. The Labute approximate surface area is 325 Å². The van der Waals surface area contributed by atoms with Gasteiger partial charge in [-0.1, -0.05) is 58.6 Å². The predicted octanol–water partition coefficient (Wildman–Crippen LogP) is 6.76. The van der Waals surface area contributed by atoms with Crippen LogP contribution < -0.4 is 5.32 Å². The number of H-pyrrole nitrogens is 2. The third-order valence-corrected chi connectivity index (χ3v) is 11.5. The third kappa shape index (κ3) is 7.87. The number of carbonyl (C=O) groups excluding carboxylic acids is 3. The Morgan fingerprint density at radius 2 is 1.61 bits per heavy atom. The van der Waals surface area contributed by atoms with Crippen molar-refractivity contribution < 1.29 is 32.6 Å². The second kappa shape index (κ2) is 15.3. The van der Waals surface area contributed by atoms with Crippen LogP contribution in [0, 0.1) is 29.6 Å². The molecule has 3 aliphatic rings. The number of hydrogen-bond donors (Lipinski definition) is 3. The third-order valence-electron chi connectivity index (χ3n) is 11.5. The lowest BCUT2D eigenvalue weighted by Gasteiger charge is -2.30. The molecule has 0 bridgehead atoms. The van der Waals surface area contributed by atoms with E-state index in [4.69, 9.17) is 14.5 Å². The minimum atomic E-state index is -2.98. The molecule has 3 saturated heterocycles. The van der Waals surface area contributed by atoms with Crippen molar-refractivity contribution in [3.8, 4) is 23.1 Å². The highest BCUT2D eigenvalue weighted by Crippen LogP contribution is 2.45. The van der Waals surface area contributed by atoms with Crippen LogP contribution in [-0.4, -0.2) is 92.0 Å². The number of methoxy groups -OCH3 is 1. The number of alkyl halides is 2. The van der Waals surface area contributed by atoms with Crippen LogP contribution in [0.3, 0.4) is 0 Å². The number of aromatic nitrogens is 4. The maximum absolute atomic E-state index is 14.6. The molecule has 3 N–H and O–H groups in total. The van der Waals surface area contributed by atoms with E-state index in [2.05, 4.69) is 32.1 Å². The predicted molar refractivity (Wildman–Crippen MR) is 205 cm³/mol. The van der Waals surface area contributed by atoms with Crippen LogP contribution in [0.1, 0.15) is 95.2 Å². The van der Waals surface area contributed by atoms with Gasteiger partial charge in [0.05, 0.1) is 54.6 Å². The highest BCUT2D eigenvalue weighted by molar-refractivity contribution is 5.87. The fourth-order valence-corrected chi connectivity index (χ4v) is 7.97. The number of hydrogen-bond acceptors (Lipinski definition) is 7. The number of imidazole rings is 2. The maximum Gasteiger partial charge on any atom is 0.407 e. The molecule has 7 rings (SSSR count). The maximum atomic E-state index is 14.6. The normalized spacial score (nSPS) is 22.8. The van der Waals surface area contributed by atoms with E-state index in [0.29, 0.717) is 42.4 Å². The molecule has 0 aliphatic carbocycles. The van der Waals surface area contributed by atoms with Gasteiger partial charge in [-0.2, -0.15) is 0 Å². The van der Waals surface area contributed by atoms with Crippen LogP contribution >= 0.6 is 0 Å².